The molecule has 1 aliphatic heterocycles. The Bertz CT molecular complexity index is 1130. The molecule has 410 valence electrons. The van der Waals surface area contributed by atoms with Gasteiger partial charge in [-0.1, -0.05) is 257 Å². The van der Waals surface area contributed by atoms with Crippen LogP contribution in [0.3, 0.4) is 0 Å². The fourth-order valence-corrected chi connectivity index (χ4v) is 9.73. The van der Waals surface area contributed by atoms with Gasteiger partial charge in [0.05, 0.1) is 25.4 Å². The van der Waals surface area contributed by atoms with Gasteiger partial charge >= 0.3 is 0 Å². The Morgan fingerprint density at radius 1 is 0.493 bits per heavy atom. The standard InChI is InChI=1S/C58H113NO10/c1-3-5-7-9-11-13-15-17-18-19-20-21-22-23-24-25-26-27-28-29-30-31-32-33-34-36-38-40-42-44-46-51(62)57(67)59-49(48-68-58-56(66)55(65)54(64)52(47-60)69-58)53(63)50(61)45-43-41-39-37-35-16-14-12-10-8-6-4-2/h23-24,49-56,58,60-66H,3-22,25-48H2,1-2H3,(H,59,67)/b24-23-. The number of aliphatic hydroxyl groups excluding tert-OH is 7. The van der Waals surface area contributed by atoms with Crippen molar-refractivity contribution in [3.05, 3.63) is 12.2 Å². The number of rotatable bonds is 51. The summed E-state index contributed by atoms with van der Waals surface area (Å²) in [5.74, 6) is -0.693. The van der Waals surface area contributed by atoms with E-state index in [4.69, 9.17) is 9.47 Å². The summed E-state index contributed by atoms with van der Waals surface area (Å²) >= 11 is 0. The first-order valence-corrected chi connectivity index (χ1v) is 29.6. The molecule has 11 heteroatoms. The van der Waals surface area contributed by atoms with Gasteiger partial charge in [0.15, 0.2) is 6.29 Å². The summed E-state index contributed by atoms with van der Waals surface area (Å²) in [4.78, 5) is 13.2. The third kappa shape index (κ3) is 36.4. The van der Waals surface area contributed by atoms with E-state index in [1.165, 1.54) is 205 Å². The molecule has 1 fully saturated rings. The Balaban J connectivity index is 2.20. The lowest BCUT2D eigenvalue weighted by Crippen LogP contribution is -2.60. The van der Waals surface area contributed by atoms with Gasteiger partial charge in [-0.15, -0.1) is 0 Å². The van der Waals surface area contributed by atoms with E-state index in [1.807, 2.05) is 0 Å². The molecule has 9 unspecified atom stereocenters. The molecule has 0 radical (unpaired) electrons. The summed E-state index contributed by atoms with van der Waals surface area (Å²) in [6, 6.07) is -1.16. The zero-order chi connectivity index (χ0) is 50.4. The van der Waals surface area contributed by atoms with Crippen molar-refractivity contribution in [3.63, 3.8) is 0 Å². The Morgan fingerprint density at radius 3 is 1.22 bits per heavy atom. The van der Waals surface area contributed by atoms with Gasteiger partial charge in [0, 0.05) is 0 Å². The highest BCUT2D eigenvalue weighted by Gasteiger charge is 2.44. The molecule has 0 bridgehead atoms. The molecule has 0 spiro atoms. The van der Waals surface area contributed by atoms with Crippen molar-refractivity contribution >= 4 is 5.91 Å². The quantitative estimate of drug-likeness (QED) is 0.0215. The number of nitrogens with one attached hydrogen (secondary N) is 1. The Hall–Kier alpha value is -1.15. The predicted molar refractivity (Wildman–Crippen MR) is 284 cm³/mol. The summed E-state index contributed by atoms with van der Waals surface area (Å²) in [6.45, 7) is 3.47. The van der Waals surface area contributed by atoms with Crippen LogP contribution in [0.4, 0.5) is 0 Å². The molecule has 69 heavy (non-hydrogen) atoms. The molecule has 1 aliphatic rings. The second-order valence-electron chi connectivity index (χ2n) is 21.1. The van der Waals surface area contributed by atoms with Crippen molar-refractivity contribution < 1.29 is 50.0 Å². The molecule has 0 aromatic rings. The van der Waals surface area contributed by atoms with Crippen molar-refractivity contribution in [2.75, 3.05) is 13.2 Å². The van der Waals surface area contributed by atoms with Crippen LogP contribution in [0.15, 0.2) is 12.2 Å². The number of unbranched alkanes of at least 4 members (excludes halogenated alkanes) is 37. The second-order valence-corrected chi connectivity index (χ2v) is 21.1. The Morgan fingerprint density at radius 2 is 0.841 bits per heavy atom. The van der Waals surface area contributed by atoms with E-state index in [0.717, 1.165) is 38.5 Å². The molecule has 11 nitrogen and oxygen atoms in total. The van der Waals surface area contributed by atoms with Gasteiger partial charge in [-0.25, -0.2) is 0 Å². The average molecular weight is 985 g/mol. The summed E-state index contributed by atoms with van der Waals surface area (Å²) in [5.41, 5.74) is 0. The van der Waals surface area contributed by atoms with E-state index in [9.17, 15) is 40.5 Å². The van der Waals surface area contributed by atoms with Crippen LogP contribution in [0.2, 0.25) is 0 Å². The first kappa shape index (κ1) is 65.9. The molecule has 0 aromatic carbocycles. The van der Waals surface area contributed by atoms with Gasteiger partial charge in [-0.05, 0) is 38.5 Å². The topological polar surface area (TPSA) is 189 Å². The molecule has 1 heterocycles. The first-order chi connectivity index (χ1) is 33.7. The molecular weight excluding hydrogens is 871 g/mol. The van der Waals surface area contributed by atoms with Crippen molar-refractivity contribution in [2.24, 2.45) is 0 Å². The number of hydrogen-bond acceptors (Lipinski definition) is 10. The molecule has 0 saturated carbocycles. The second kappa shape index (κ2) is 47.8. The maximum Gasteiger partial charge on any atom is 0.249 e. The molecule has 1 amide bonds. The predicted octanol–water partition coefficient (Wildman–Crippen LogP) is 12.4. The molecular formula is C58H113NO10. The van der Waals surface area contributed by atoms with Crippen LogP contribution < -0.4 is 5.32 Å². The summed E-state index contributed by atoms with van der Waals surface area (Å²) in [7, 11) is 0. The van der Waals surface area contributed by atoms with Crippen molar-refractivity contribution in [2.45, 2.75) is 339 Å². The fraction of sp³-hybridized carbons (Fsp3) is 0.948. The molecule has 1 rings (SSSR count). The minimum atomic E-state index is -1.66. The number of aliphatic hydroxyl groups is 7. The van der Waals surface area contributed by atoms with Gasteiger partial charge in [-0.2, -0.15) is 0 Å². The number of amides is 1. The molecule has 8 N–H and O–H groups in total. The van der Waals surface area contributed by atoms with Gasteiger partial charge < -0.3 is 50.5 Å². The SMILES string of the molecule is CCCCCCCCCCCCCC/C=C\CCCCCCCCCCCCCCCCC(O)C(=O)NC(COC1OC(CO)C(O)C(O)C1O)C(O)C(O)CCCCCCCCCCCCCC. The minimum absolute atomic E-state index is 0.264. The molecule has 0 aliphatic carbocycles. The number of ether oxygens (including phenoxy) is 2. The van der Waals surface area contributed by atoms with E-state index in [-0.39, 0.29) is 6.42 Å². The fourth-order valence-electron chi connectivity index (χ4n) is 9.73. The van der Waals surface area contributed by atoms with Crippen LogP contribution in [0.5, 0.6) is 0 Å². The highest BCUT2D eigenvalue weighted by molar-refractivity contribution is 5.80. The lowest BCUT2D eigenvalue weighted by molar-refractivity contribution is -0.303. The number of hydrogen-bond donors (Lipinski definition) is 8. The number of allylic oxidation sites excluding steroid dienone is 2. The van der Waals surface area contributed by atoms with Crippen LogP contribution in [-0.2, 0) is 14.3 Å². The van der Waals surface area contributed by atoms with Crippen LogP contribution in [0.1, 0.15) is 284 Å². The van der Waals surface area contributed by atoms with Crippen molar-refractivity contribution in [1.29, 1.82) is 0 Å². The van der Waals surface area contributed by atoms with Gasteiger partial charge in [-0.3, -0.25) is 4.79 Å². The molecule has 1 saturated heterocycles. The maximum absolute atomic E-state index is 13.2. The van der Waals surface area contributed by atoms with Gasteiger partial charge in [0.1, 0.15) is 36.6 Å². The zero-order valence-corrected chi connectivity index (χ0v) is 44.8. The number of carbonyl (C=O) groups is 1. The molecule has 0 aromatic heterocycles. The lowest BCUT2D eigenvalue weighted by atomic mass is 9.98. The van der Waals surface area contributed by atoms with E-state index < -0.39 is 74.2 Å². The minimum Gasteiger partial charge on any atom is -0.394 e. The third-order valence-electron chi connectivity index (χ3n) is 14.6. The Labute approximate surface area is 423 Å². The highest BCUT2D eigenvalue weighted by Crippen LogP contribution is 2.24. The van der Waals surface area contributed by atoms with Crippen molar-refractivity contribution in [3.8, 4) is 0 Å². The summed E-state index contributed by atoms with van der Waals surface area (Å²) in [5, 5.41) is 76.0. The van der Waals surface area contributed by atoms with E-state index in [0.29, 0.717) is 19.3 Å². The van der Waals surface area contributed by atoms with E-state index >= 15 is 0 Å². The van der Waals surface area contributed by atoms with Crippen LogP contribution in [0, 0.1) is 0 Å². The monoisotopic (exact) mass is 984 g/mol. The smallest absolute Gasteiger partial charge is 0.249 e. The summed E-state index contributed by atoms with van der Waals surface area (Å²) in [6.07, 6.45) is 44.3. The Kier molecular flexibility index (Phi) is 45.7. The van der Waals surface area contributed by atoms with E-state index in [2.05, 4.69) is 31.3 Å². The molecule has 9 atom stereocenters. The van der Waals surface area contributed by atoms with E-state index in [1.54, 1.807) is 0 Å². The maximum atomic E-state index is 13.2. The normalized spacial score (nSPS) is 20.4. The third-order valence-corrected chi connectivity index (χ3v) is 14.6. The number of carbonyl (C=O) groups excluding carboxylic acids is 1. The van der Waals surface area contributed by atoms with Gasteiger partial charge in [0.2, 0.25) is 5.91 Å². The first-order valence-electron chi connectivity index (χ1n) is 29.6. The average Bonchev–Trinajstić information content (AvgIpc) is 3.35. The van der Waals surface area contributed by atoms with Crippen molar-refractivity contribution in [1.82, 2.24) is 5.32 Å². The van der Waals surface area contributed by atoms with Crippen LogP contribution >= 0.6 is 0 Å². The highest BCUT2D eigenvalue weighted by atomic mass is 16.7. The largest absolute Gasteiger partial charge is 0.394 e. The lowest BCUT2D eigenvalue weighted by Gasteiger charge is -2.40. The summed E-state index contributed by atoms with van der Waals surface area (Å²) < 4.78 is 11.1. The zero-order valence-electron chi connectivity index (χ0n) is 44.8. The van der Waals surface area contributed by atoms with Crippen LogP contribution in [0.25, 0.3) is 0 Å². The van der Waals surface area contributed by atoms with Crippen LogP contribution in [-0.4, -0.2) is 110 Å². The van der Waals surface area contributed by atoms with Gasteiger partial charge in [0.25, 0.3) is 0 Å².